The van der Waals surface area contributed by atoms with Crippen molar-refractivity contribution in [3.8, 4) is 5.69 Å². The summed E-state index contributed by atoms with van der Waals surface area (Å²) in [4.78, 5) is 14.5. The summed E-state index contributed by atoms with van der Waals surface area (Å²) >= 11 is 6.00. The van der Waals surface area contributed by atoms with E-state index in [2.05, 4.69) is 5.10 Å². The van der Waals surface area contributed by atoms with Gasteiger partial charge in [0, 0.05) is 30.4 Å². The maximum Gasteiger partial charge on any atom is 0.257 e. The fourth-order valence-electron chi connectivity index (χ4n) is 3.00. The third-order valence-electron chi connectivity index (χ3n) is 4.47. The molecule has 23 heavy (non-hydrogen) atoms. The van der Waals surface area contributed by atoms with E-state index in [1.807, 2.05) is 36.1 Å². The lowest BCUT2D eigenvalue weighted by Gasteiger charge is -2.33. The largest absolute Gasteiger partial charge is 0.339 e. The average Bonchev–Trinajstić information content (AvgIpc) is 3.04. The van der Waals surface area contributed by atoms with E-state index in [0.29, 0.717) is 16.5 Å². The van der Waals surface area contributed by atoms with Crippen molar-refractivity contribution in [2.75, 3.05) is 13.1 Å². The number of carbonyl (C=O) groups excluding carboxylic acids is 1. The molecule has 1 aliphatic heterocycles. The zero-order valence-electron chi connectivity index (χ0n) is 13.2. The highest BCUT2D eigenvalue weighted by molar-refractivity contribution is 6.30. The van der Waals surface area contributed by atoms with Crippen LogP contribution in [0.4, 0.5) is 0 Å². The van der Waals surface area contributed by atoms with Crippen LogP contribution in [-0.2, 0) is 0 Å². The molecule has 0 radical (unpaired) electrons. The van der Waals surface area contributed by atoms with Gasteiger partial charge in [0.15, 0.2) is 0 Å². The molecule has 6 heteroatoms. The third kappa shape index (κ3) is 3.57. The van der Waals surface area contributed by atoms with Gasteiger partial charge in [-0.3, -0.25) is 4.79 Å². The SMILES string of the molecule is CC(N)C1CCN(C(=O)c2cnn(-c3cccc(Cl)c3)c2)CC1. The molecule has 5 nitrogen and oxygen atoms in total. The summed E-state index contributed by atoms with van der Waals surface area (Å²) < 4.78 is 1.67. The zero-order chi connectivity index (χ0) is 16.4. The molecule has 1 aromatic carbocycles. The van der Waals surface area contributed by atoms with Crippen molar-refractivity contribution in [2.24, 2.45) is 11.7 Å². The van der Waals surface area contributed by atoms with Crippen molar-refractivity contribution >= 4 is 17.5 Å². The van der Waals surface area contributed by atoms with Gasteiger partial charge in [-0.05, 0) is 43.9 Å². The van der Waals surface area contributed by atoms with Gasteiger partial charge >= 0.3 is 0 Å². The minimum atomic E-state index is 0.0291. The summed E-state index contributed by atoms with van der Waals surface area (Å²) in [7, 11) is 0. The van der Waals surface area contributed by atoms with Gasteiger partial charge in [-0.2, -0.15) is 5.10 Å². The van der Waals surface area contributed by atoms with Crippen molar-refractivity contribution in [3.05, 3.63) is 47.2 Å². The molecule has 2 N–H and O–H groups in total. The van der Waals surface area contributed by atoms with Crippen LogP contribution in [-0.4, -0.2) is 39.7 Å². The lowest BCUT2D eigenvalue weighted by Crippen LogP contribution is -2.42. The molecule has 2 aromatic rings. The number of aromatic nitrogens is 2. The Morgan fingerprint density at radius 1 is 1.39 bits per heavy atom. The van der Waals surface area contributed by atoms with Crippen molar-refractivity contribution < 1.29 is 4.79 Å². The minimum Gasteiger partial charge on any atom is -0.339 e. The molecule has 0 bridgehead atoms. The average molecular weight is 333 g/mol. The van der Waals surface area contributed by atoms with Crippen LogP contribution >= 0.6 is 11.6 Å². The molecule has 122 valence electrons. The van der Waals surface area contributed by atoms with Crippen molar-refractivity contribution in [3.63, 3.8) is 0 Å². The highest BCUT2D eigenvalue weighted by atomic mass is 35.5. The van der Waals surface area contributed by atoms with E-state index in [4.69, 9.17) is 17.3 Å². The highest BCUT2D eigenvalue weighted by Crippen LogP contribution is 2.21. The smallest absolute Gasteiger partial charge is 0.257 e. The molecule has 0 aliphatic carbocycles. The Morgan fingerprint density at radius 3 is 2.78 bits per heavy atom. The second kappa shape index (κ2) is 6.72. The minimum absolute atomic E-state index is 0.0291. The second-order valence-electron chi connectivity index (χ2n) is 6.14. The van der Waals surface area contributed by atoms with Crippen LogP contribution in [0.2, 0.25) is 5.02 Å². The van der Waals surface area contributed by atoms with Gasteiger partial charge < -0.3 is 10.6 Å². The number of carbonyl (C=O) groups is 1. The summed E-state index contributed by atoms with van der Waals surface area (Å²) in [5, 5.41) is 4.92. The number of nitrogens with two attached hydrogens (primary N) is 1. The van der Waals surface area contributed by atoms with Crippen LogP contribution in [0.15, 0.2) is 36.7 Å². The number of nitrogens with zero attached hydrogens (tertiary/aromatic N) is 3. The van der Waals surface area contributed by atoms with Gasteiger partial charge in [0.25, 0.3) is 5.91 Å². The number of amides is 1. The number of piperidine rings is 1. The Labute approximate surface area is 141 Å². The van der Waals surface area contributed by atoms with Crippen molar-refractivity contribution in [1.29, 1.82) is 0 Å². The molecule has 1 aromatic heterocycles. The van der Waals surface area contributed by atoms with Gasteiger partial charge in [-0.1, -0.05) is 17.7 Å². The highest BCUT2D eigenvalue weighted by Gasteiger charge is 2.26. The van der Waals surface area contributed by atoms with E-state index in [-0.39, 0.29) is 11.9 Å². The number of benzene rings is 1. The van der Waals surface area contributed by atoms with Gasteiger partial charge in [0.05, 0.1) is 17.4 Å². The van der Waals surface area contributed by atoms with Crippen LogP contribution in [0.25, 0.3) is 5.69 Å². The van der Waals surface area contributed by atoms with E-state index in [1.165, 1.54) is 0 Å². The number of rotatable bonds is 3. The molecule has 1 aliphatic rings. The lowest BCUT2D eigenvalue weighted by atomic mass is 9.91. The number of hydrogen-bond donors (Lipinski definition) is 1. The molecule has 1 fully saturated rings. The standard InChI is InChI=1S/C17H21ClN4O/c1-12(19)13-5-7-21(8-6-13)17(23)14-10-20-22(11-14)16-4-2-3-15(18)9-16/h2-4,9-13H,5-8,19H2,1H3. The van der Waals surface area contributed by atoms with Crippen LogP contribution in [0, 0.1) is 5.92 Å². The topological polar surface area (TPSA) is 64.2 Å². The summed E-state index contributed by atoms with van der Waals surface area (Å²) in [6.07, 6.45) is 5.30. The van der Waals surface area contributed by atoms with Gasteiger partial charge in [0.2, 0.25) is 0 Å². The van der Waals surface area contributed by atoms with Gasteiger partial charge in [-0.25, -0.2) is 4.68 Å². The normalized spacial score (nSPS) is 17.3. The predicted octanol–water partition coefficient (Wildman–Crippen LogP) is 2.73. The Morgan fingerprint density at radius 2 is 2.13 bits per heavy atom. The van der Waals surface area contributed by atoms with E-state index >= 15 is 0 Å². The number of halogens is 1. The molecule has 1 amide bonds. The fraction of sp³-hybridized carbons (Fsp3) is 0.412. The fourth-order valence-corrected chi connectivity index (χ4v) is 3.19. The second-order valence-corrected chi connectivity index (χ2v) is 6.58. The van der Waals surface area contributed by atoms with Gasteiger partial charge in [0.1, 0.15) is 0 Å². The first-order valence-electron chi connectivity index (χ1n) is 7.90. The summed E-state index contributed by atoms with van der Waals surface area (Å²) in [5.41, 5.74) is 7.39. The van der Waals surface area contributed by atoms with E-state index < -0.39 is 0 Å². The quantitative estimate of drug-likeness (QED) is 0.940. The predicted molar refractivity (Wildman–Crippen MR) is 90.9 cm³/mol. The number of likely N-dealkylation sites (tertiary alicyclic amines) is 1. The molecule has 0 saturated carbocycles. The van der Waals surface area contributed by atoms with E-state index in [0.717, 1.165) is 31.6 Å². The molecular formula is C17H21ClN4O. The van der Waals surface area contributed by atoms with E-state index in [1.54, 1.807) is 17.1 Å². The molecular weight excluding hydrogens is 312 g/mol. The summed E-state index contributed by atoms with van der Waals surface area (Å²) in [6.45, 7) is 3.55. The first kappa shape index (κ1) is 16.0. The molecule has 0 spiro atoms. The molecule has 3 rings (SSSR count). The molecule has 1 atom stereocenters. The maximum atomic E-state index is 12.6. The molecule has 2 heterocycles. The van der Waals surface area contributed by atoms with Crippen molar-refractivity contribution in [1.82, 2.24) is 14.7 Å². The Balaban J connectivity index is 1.70. The third-order valence-corrected chi connectivity index (χ3v) is 4.71. The van der Waals surface area contributed by atoms with Gasteiger partial charge in [-0.15, -0.1) is 0 Å². The van der Waals surface area contributed by atoms with Crippen LogP contribution in [0.5, 0.6) is 0 Å². The maximum absolute atomic E-state index is 12.6. The summed E-state index contributed by atoms with van der Waals surface area (Å²) in [6, 6.07) is 7.58. The Kier molecular flexibility index (Phi) is 4.68. The first-order valence-corrected chi connectivity index (χ1v) is 8.28. The zero-order valence-corrected chi connectivity index (χ0v) is 13.9. The van der Waals surface area contributed by atoms with Crippen LogP contribution in [0.1, 0.15) is 30.1 Å². The Hall–Kier alpha value is -1.85. The lowest BCUT2D eigenvalue weighted by molar-refractivity contribution is 0.0681. The monoisotopic (exact) mass is 332 g/mol. The Bertz CT molecular complexity index is 689. The first-order chi connectivity index (χ1) is 11.0. The molecule has 1 unspecified atom stereocenters. The summed E-state index contributed by atoms with van der Waals surface area (Å²) in [5.74, 6) is 0.537. The molecule has 1 saturated heterocycles. The number of hydrogen-bond acceptors (Lipinski definition) is 3. The van der Waals surface area contributed by atoms with Crippen LogP contribution in [0.3, 0.4) is 0 Å². The van der Waals surface area contributed by atoms with Crippen LogP contribution < -0.4 is 5.73 Å². The van der Waals surface area contributed by atoms with E-state index in [9.17, 15) is 4.79 Å². The van der Waals surface area contributed by atoms with Crippen molar-refractivity contribution in [2.45, 2.75) is 25.8 Å².